The first-order valence-corrected chi connectivity index (χ1v) is 26.2. The van der Waals surface area contributed by atoms with Crippen LogP contribution in [0.5, 0.6) is 0 Å². The molecule has 3 N–H and O–H groups in total. The molecule has 0 saturated carbocycles. The van der Waals surface area contributed by atoms with Gasteiger partial charge in [-0.15, -0.1) is 0 Å². The number of carbonyl (C=O) groups excluding carboxylic acids is 2. The fourth-order valence-corrected chi connectivity index (χ4v) is 7.69. The van der Waals surface area contributed by atoms with Crippen molar-refractivity contribution in [2.45, 2.75) is 264 Å². The quantitative estimate of drug-likeness (QED) is 0.0245. The van der Waals surface area contributed by atoms with Gasteiger partial charge in [0.15, 0.2) is 0 Å². The molecular formula is C56H99NO5. The second-order valence-corrected chi connectivity index (χ2v) is 17.7. The molecule has 0 aromatic rings. The van der Waals surface area contributed by atoms with E-state index in [0.29, 0.717) is 25.7 Å². The van der Waals surface area contributed by atoms with E-state index in [1.54, 1.807) is 0 Å². The van der Waals surface area contributed by atoms with E-state index in [-0.39, 0.29) is 24.9 Å². The number of allylic oxidation sites excluding steroid dienone is 12. The fraction of sp³-hybridized carbons (Fsp3) is 0.750. The second-order valence-electron chi connectivity index (χ2n) is 17.7. The normalized spacial score (nSPS) is 13.8. The molecule has 6 nitrogen and oxygen atoms in total. The van der Waals surface area contributed by atoms with E-state index in [4.69, 9.17) is 4.74 Å². The van der Waals surface area contributed by atoms with Gasteiger partial charge in [0.25, 0.3) is 0 Å². The van der Waals surface area contributed by atoms with Crippen molar-refractivity contribution in [2.75, 3.05) is 6.61 Å². The zero-order chi connectivity index (χ0) is 45.2. The SMILES string of the molecule is CC/C=C/C=C/C=C\C=C/C=C/CCCC(=O)OC(CCCCC/C=C/CCCCCCCCCCC)CC(=O)NC(CO)C(O)CCCCCCCCCCCCCCCC. The topological polar surface area (TPSA) is 95.9 Å². The van der Waals surface area contributed by atoms with Crippen LogP contribution in [0.15, 0.2) is 72.9 Å². The molecule has 3 unspecified atom stereocenters. The van der Waals surface area contributed by atoms with Crippen molar-refractivity contribution in [3.63, 3.8) is 0 Å². The van der Waals surface area contributed by atoms with Gasteiger partial charge in [0.05, 0.1) is 25.2 Å². The van der Waals surface area contributed by atoms with Gasteiger partial charge in [-0.25, -0.2) is 0 Å². The largest absolute Gasteiger partial charge is 0.462 e. The number of hydrogen-bond donors (Lipinski definition) is 3. The fourth-order valence-electron chi connectivity index (χ4n) is 7.69. The third-order valence-electron chi connectivity index (χ3n) is 11.6. The van der Waals surface area contributed by atoms with Gasteiger partial charge in [-0.05, 0) is 64.2 Å². The summed E-state index contributed by atoms with van der Waals surface area (Å²) < 4.78 is 5.89. The molecule has 62 heavy (non-hydrogen) atoms. The highest BCUT2D eigenvalue weighted by Gasteiger charge is 2.24. The minimum absolute atomic E-state index is 0.0365. The molecular weight excluding hydrogens is 767 g/mol. The van der Waals surface area contributed by atoms with Crippen LogP contribution in [0.25, 0.3) is 0 Å². The van der Waals surface area contributed by atoms with Gasteiger partial charge < -0.3 is 20.3 Å². The number of aliphatic hydroxyl groups excluding tert-OH is 2. The Kier molecular flexibility index (Phi) is 47.2. The number of unbranched alkanes of at least 4 members (excludes halogenated alkanes) is 26. The number of rotatable bonds is 46. The van der Waals surface area contributed by atoms with Crippen LogP contribution in [0.4, 0.5) is 0 Å². The van der Waals surface area contributed by atoms with Crippen LogP contribution >= 0.6 is 0 Å². The summed E-state index contributed by atoms with van der Waals surface area (Å²) in [6.45, 7) is 6.32. The molecule has 0 rings (SSSR count). The summed E-state index contributed by atoms with van der Waals surface area (Å²) in [7, 11) is 0. The van der Waals surface area contributed by atoms with Crippen molar-refractivity contribution >= 4 is 11.9 Å². The summed E-state index contributed by atoms with van der Waals surface area (Å²) in [5.74, 6) is -0.576. The highest BCUT2D eigenvalue weighted by atomic mass is 16.5. The summed E-state index contributed by atoms with van der Waals surface area (Å²) in [5, 5.41) is 23.8. The van der Waals surface area contributed by atoms with Gasteiger partial charge in [0.1, 0.15) is 6.10 Å². The highest BCUT2D eigenvalue weighted by Crippen LogP contribution is 2.17. The average Bonchev–Trinajstić information content (AvgIpc) is 3.26. The van der Waals surface area contributed by atoms with E-state index in [1.165, 1.54) is 128 Å². The average molecular weight is 866 g/mol. The Morgan fingerprint density at radius 3 is 1.37 bits per heavy atom. The Balaban J connectivity index is 4.69. The maximum Gasteiger partial charge on any atom is 0.306 e. The highest BCUT2D eigenvalue weighted by molar-refractivity contribution is 5.77. The van der Waals surface area contributed by atoms with Gasteiger partial charge in [-0.2, -0.15) is 0 Å². The second kappa shape index (κ2) is 49.3. The molecule has 358 valence electrons. The van der Waals surface area contributed by atoms with Gasteiger partial charge in [-0.3, -0.25) is 9.59 Å². The number of amides is 1. The number of ether oxygens (including phenoxy) is 1. The maximum atomic E-state index is 13.2. The Hall–Kier alpha value is -2.70. The third-order valence-corrected chi connectivity index (χ3v) is 11.6. The zero-order valence-corrected chi connectivity index (χ0v) is 40.7. The van der Waals surface area contributed by atoms with E-state index in [9.17, 15) is 19.8 Å². The van der Waals surface area contributed by atoms with Crippen LogP contribution < -0.4 is 5.32 Å². The molecule has 3 atom stereocenters. The van der Waals surface area contributed by atoms with Crippen molar-refractivity contribution < 1.29 is 24.5 Å². The smallest absolute Gasteiger partial charge is 0.306 e. The van der Waals surface area contributed by atoms with Gasteiger partial charge in [-0.1, -0.05) is 241 Å². The Labute approximate surface area is 383 Å². The van der Waals surface area contributed by atoms with Crippen LogP contribution in [0.1, 0.15) is 245 Å². The van der Waals surface area contributed by atoms with Crippen LogP contribution in [-0.2, 0) is 14.3 Å². The van der Waals surface area contributed by atoms with Crippen LogP contribution in [0.2, 0.25) is 0 Å². The van der Waals surface area contributed by atoms with Crippen molar-refractivity contribution in [1.82, 2.24) is 5.32 Å². The Bertz CT molecular complexity index is 1150. The minimum atomic E-state index is -0.806. The maximum absolute atomic E-state index is 13.2. The minimum Gasteiger partial charge on any atom is -0.462 e. The molecule has 0 aliphatic heterocycles. The monoisotopic (exact) mass is 866 g/mol. The molecule has 0 aromatic carbocycles. The molecule has 0 heterocycles. The first-order chi connectivity index (χ1) is 30.5. The molecule has 0 aliphatic rings. The molecule has 0 aliphatic carbocycles. The summed E-state index contributed by atoms with van der Waals surface area (Å²) >= 11 is 0. The Morgan fingerprint density at radius 1 is 0.484 bits per heavy atom. The van der Waals surface area contributed by atoms with E-state index in [2.05, 4.69) is 44.3 Å². The molecule has 0 radical (unpaired) electrons. The van der Waals surface area contributed by atoms with Gasteiger partial charge in [0, 0.05) is 6.42 Å². The third kappa shape index (κ3) is 43.9. The molecule has 0 spiro atoms. The number of carbonyl (C=O) groups is 2. The van der Waals surface area contributed by atoms with E-state index in [1.807, 2.05) is 54.7 Å². The lowest BCUT2D eigenvalue weighted by Crippen LogP contribution is -2.46. The number of aliphatic hydroxyl groups is 2. The predicted molar refractivity (Wildman–Crippen MR) is 268 cm³/mol. The molecule has 1 amide bonds. The lowest BCUT2D eigenvalue weighted by atomic mass is 10.0. The lowest BCUT2D eigenvalue weighted by Gasteiger charge is -2.24. The van der Waals surface area contributed by atoms with Crippen molar-refractivity contribution in [2.24, 2.45) is 0 Å². The summed E-state index contributed by atoms with van der Waals surface area (Å²) in [6, 6.07) is -0.723. The molecule has 0 bridgehead atoms. The van der Waals surface area contributed by atoms with Crippen LogP contribution in [-0.4, -0.2) is 46.9 Å². The molecule has 0 saturated heterocycles. The van der Waals surface area contributed by atoms with Crippen molar-refractivity contribution in [3.8, 4) is 0 Å². The van der Waals surface area contributed by atoms with Crippen LogP contribution in [0.3, 0.4) is 0 Å². The first-order valence-electron chi connectivity index (χ1n) is 26.2. The molecule has 0 fully saturated rings. The zero-order valence-electron chi connectivity index (χ0n) is 40.7. The van der Waals surface area contributed by atoms with E-state index in [0.717, 1.165) is 64.2 Å². The van der Waals surface area contributed by atoms with Crippen molar-refractivity contribution in [3.05, 3.63) is 72.9 Å². The number of nitrogens with one attached hydrogen (secondary N) is 1. The van der Waals surface area contributed by atoms with Gasteiger partial charge >= 0.3 is 5.97 Å². The summed E-state index contributed by atoms with van der Waals surface area (Å²) in [4.78, 5) is 26.1. The van der Waals surface area contributed by atoms with E-state index >= 15 is 0 Å². The van der Waals surface area contributed by atoms with Gasteiger partial charge in [0.2, 0.25) is 5.91 Å². The lowest BCUT2D eigenvalue weighted by molar-refractivity contribution is -0.151. The molecule has 0 aromatic heterocycles. The first kappa shape index (κ1) is 59.3. The predicted octanol–water partition coefficient (Wildman–Crippen LogP) is 15.8. The Morgan fingerprint density at radius 2 is 0.887 bits per heavy atom. The number of hydrogen-bond acceptors (Lipinski definition) is 5. The number of esters is 1. The molecule has 6 heteroatoms. The summed E-state index contributed by atoms with van der Waals surface area (Å²) in [6.07, 6.45) is 62.5. The summed E-state index contributed by atoms with van der Waals surface area (Å²) in [5.41, 5.74) is 0. The van der Waals surface area contributed by atoms with E-state index < -0.39 is 18.2 Å². The van der Waals surface area contributed by atoms with Crippen LogP contribution in [0, 0.1) is 0 Å². The standard InChI is InChI=1S/C56H99NO5/c1-4-7-10-13-16-19-22-25-27-28-30-32-35-38-41-44-47-52(62-56(61)49-46-43-40-37-34-29-24-21-18-15-12-9-6-3)50-55(60)57-53(51-58)54(59)48-45-42-39-36-33-31-26-23-20-17-14-11-8-5-2/h9,12,15,18,21,24,29-30,32,34,37,40,52-54,58-59H,4-8,10-11,13-14,16-17,19-20,22-23,25-28,31,33,35-36,38-39,41-51H2,1-3H3,(H,57,60)/b12-9+,18-15+,24-21-,32-30+,34-29-,40-37+. The van der Waals surface area contributed by atoms with Crippen molar-refractivity contribution in [1.29, 1.82) is 0 Å².